The molecule has 2 atom stereocenters. The molecule has 2 N–H and O–H groups in total. The molecule has 1 aromatic carbocycles. The first kappa shape index (κ1) is 28.5. The van der Waals surface area contributed by atoms with Crippen molar-refractivity contribution in [2.75, 3.05) is 6.54 Å². The highest BCUT2D eigenvalue weighted by Crippen LogP contribution is 2.30. The van der Waals surface area contributed by atoms with Gasteiger partial charge in [0.05, 0.1) is 0 Å². The van der Waals surface area contributed by atoms with Crippen molar-refractivity contribution in [3.8, 4) is 0 Å². The van der Waals surface area contributed by atoms with E-state index in [0.717, 1.165) is 30.4 Å². The first-order chi connectivity index (χ1) is 15.2. The third-order valence-corrected chi connectivity index (χ3v) is 5.04. The Bertz CT molecular complexity index is 791. The van der Waals surface area contributed by atoms with Crippen molar-refractivity contribution in [1.29, 1.82) is 0 Å². The minimum Gasteiger partial charge on any atom is -0.444 e. The quantitative estimate of drug-likeness (QED) is 0.513. The lowest BCUT2D eigenvalue weighted by molar-refractivity contribution is -0.148. The van der Waals surface area contributed by atoms with Gasteiger partial charge in [-0.1, -0.05) is 49.6 Å². The van der Waals surface area contributed by atoms with Crippen LogP contribution >= 0.6 is 0 Å². The van der Waals surface area contributed by atoms with Crippen molar-refractivity contribution in [3.63, 3.8) is 0 Å². The van der Waals surface area contributed by atoms with Gasteiger partial charge in [-0.2, -0.15) is 0 Å². The summed E-state index contributed by atoms with van der Waals surface area (Å²) in [7, 11) is 0. The van der Waals surface area contributed by atoms with E-state index in [-0.39, 0.29) is 11.8 Å². The summed E-state index contributed by atoms with van der Waals surface area (Å²) in [6, 6.07) is 5.91. The minimum atomic E-state index is -0.875. The van der Waals surface area contributed by atoms with Gasteiger partial charge in [0.25, 0.3) is 0 Å². The van der Waals surface area contributed by atoms with Crippen molar-refractivity contribution in [1.82, 2.24) is 15.5 Å². The summed E-state index contributed by atoms with van der Waals surface area (Å²) in [6.07, 6.45) is 2.28. The van der Waals surface area contributed by atoms with E-state index in [1.807, 2.05) is 52.0 Å². The minimum absolute atomic E-state index is 0.234. The largest absolute Gasteiger partial charge is 0.444 e. The molecule has 3 amide bonds. The number of rotatable bonds is 9. The Labute approximate surface area is 199 Å². The van der Waals surface area contributed by atoms with E-state index < -0.39 is 29.3 Å². The summed E-state index contributed by atoms with van der Waals surface area (Å²) in [6.45, 7) is 17.2. The van der Waals surface area contributed by atoms with Gasteiger partial charge in [-0.25, -0.2) is 4.79 Å². The monoisotopic (exact) mass is 461 g/mol. The van der Waals surface area contributed by atoms with Gasteiger partial charge in [-0.05, 0) is 67.4 Å². The average Bonchev–Trinajstić information content (AvgIpc) is 2.67. The van der Waals surface area contributed by atoms with Crippen molar-refractivity contribution in [3.05, 3.63) is 35.4 Å². The third-order valence-electron chi connectivity index (χ3n) is 5.04. The molecule has 1 aromatic rings. The molecule has 186 valence electrons. The van der Waals surface area contributed by atoms with Crippen LogP contribution in [-0.4, -0.2) is 46.5 Å². The number of nitrogens with one attached hydrogen (secondary N) is 2. The fraction of sp³-hybridized carbons (Fsp3) is 0.654. The Balaban J connectivity index is 3.28. The predicted molar refractivity (Wildman–Crippen MR) is 132 cm³/mol. The lowest BCUT2D eigenvalue weighted by Crippen LogP contribution is -2.58. The number of amides is 3. The van der Waals surface area contributed by atoms with E-state index in [9.17, 15) is 14.4 Å². The number of hydrogen-bond acceptors (Lipinski definition) is 4. The van der Waals surface area contributed by atoms with Gasteiger partial charge >= 0.3 is 6.09 Å². The van der Waals surface area contributed by atoms with E-state index in [0.29, 0.717) is 6.54 Å². The van der Waals surface area contributed by atoms with Gasteiger partial charge in [0.15, 0.2) is 0 Å². The Hall–Kier alpha value is -2.57. The molecule has 0 fully saturated rings. The molecule has 0 bridgehead atoms. The highest BCUT2D eigenvalue weighted by atomic mass is 16.6. The maximum Gasteiger partial charge on any atom is 0.408 e. The molecule has 0 spiro atoms. The standard InChI is InChI=1S/C26H43N3O4/c1-10-11-12-17-27-22(30)21(20-15-13-18(2)14-16-20)29(25(4,5)6)23(31)19(3)28-24(32)33-26(7,8)9/h13-16,19,21H,10-12,17H2,1-9H3,(H,27,30)(H,28,32). The number of alkyl carbamates (subject to hydrolysis) is 1. The fourth-order valence-electron chi connectivity index (χ4n) is 3.45. The van der Waals surface area contributed by atoms with Gasteiger partial charge in [-0.3, -0.25) is 9.59 Å². The molecular weight excluding hydrogens is 418 g/mol. The molecule has 0 heterocycles. The van der Waals surface area contributed by atoms with Gasteiger partial charge < -0.3 is 20.3 Å². The number of hydrogen-bond donors (Lipinski definition) is 2. The van der Waals surface area contributed by atoms with E-state index in [2.05, 4.69) is 17.6 Å². The van der Waals surface area contributed by atoms with E-state index in [1.165, 1.54) is 0 Å². The molecule has 0 aliphatic heterocycles. The maximum absolute atomic E-state index is 13.6. The lowest BCUT2D eigenvalue weighted by atomic mass is 9.95. The molecule has 2 unspecified atom stereocenters. The van der Waals surface area contributed by atoms with Crippen molar-refractivity contribution in [2.45, 2.75) is 105 Å². The van der Waals surface area contributed by atoms with Crippen LogP contribution in [0.2, 0.25) is 0 Å². The Morgan fingerprint density at radius 3 is 2.06 bits per heavy atom. The van der Waals surface area contributed by atoms with Crippen LogP contribution in [-0.2, 0) is 14.3 Å². The SMILES string of the molecule is CCCCCNC(=O)C(c1ccc(C)cc1)N(C(=O)C(C)NC(=O)OC(C)(C)C)C(C)(C)C. The van der Waals surface area contributed by atoms with E-state index in [1.54, 1.807) is 32.6 Å². The van der Waals surface area contributed by atoms with Crippen LogP contribution in [0.5, 0.6) is 0 Å². The van der Waals surface area contributed by atoms with Gasteiger partial charge in [0.2, 0.25) is 11.8 Å². The highest BCUT2D eigenvalue weighted by Gasteiger charge is 2.40. The van der Waals surface area contributed by atoms with Crippen LogP contribution in [0.25, 0.3) is 0 Å². The first-order valence-corrected chi connectivity index (χ1v) is 11.8. The number of aryl methyl sites for hydroxylation is 1. The predicted octanol–water partition coefficient (Wildman–Crippen LogP) is 4.88. The van der Waals surface area contributed by atoms with Crippen LogP contribution < -0.4 is 10.6 Å². The normalized spacial score (nSPS) is 13.6. The topological polar surface area (TPSA) is 87.7 Å². The maximum atomic E-state index is 13.6. The number of unbranched alkanes of at least 4 members (excludes halogenated alkanes) is 2. The Morgan fingerprint density at radius 1 is 1.00 bits per heavy atom. The second kappa shape index (κ2) is 12.1. The molecule has 0 saturated carbocycles. The molecule has 0 aliphatic rings. The number of nitrogens with zero attached hydrogens (tertiary/aromatic N) is 1. The molecule has 33 heavy (non-hydrogen) atoms. The number of carbonyl (C=O) groups is 3. The van der Waals surface area contributed by atoms with Gasteiger partial charge in [0.1, 0.15) is 17.7 Å². The zero-order valence-electron chi connectivity index (χ0n) is 21.9. The van der Waals surface area contributed by atoms with Crippen LogP contribution in [0.4, 0.5) is 4.79 Å². The molecule has 0 radical (unpaired) electrons. The van der Waals surface area contributed by atoms with Gasteiger partial charge in [0, 0.05) is 12.1 Å². The lowest BCUT2D eigenvalue weighted by Gasteiger charge is -2.42. The van der Waals surface area contributed by atoms with Crippen LogP contribution in [0.15, 0.2) is 24.3 Å². The second-order valence-electron chi connectivity index (χ2n) is 10.6. The Morgan fingerprint density at radius 2 is 1.58 bits per heavy atom. The number of ether oxygens (including phenoxy) is 1. The molecule has 7 heteroatoms. The van der Waals surface area contributed by atoms with E-state index in [4.69, 9.17) is 4.74 Å². The second-order valence-corrected chi connectivity index (χ2v) is 10.6. The summed E-state index contributed by atoms with van der Waals surface area (Å²) in [4.78, 5) is 40.9. The van der Waals surface area contributed by atoms with E-state index >= 15 is 0 Å². The molecule has 0 aromatic heterocycles. The van der Waals surface area contributed by atoms with Crippen molar-refractivity contribution in [2.24, 2.45) is 0 Å². The highest BCUT2D eigenvalue weighted by molar-refractivity contribution is 5.92. The first-order valence-electron chi connectivity index (χ1n) is 11.8. The Kier molecular flexibility index (Phi) is 10.4. The molecule has 7 nitrogen and oxygen atoms in total. The van der Waals surface area contributed by atoms with Crippen LogP contribution in [0.1, 0.15) is 91.8 Å². The fourth-order valence-corrected chi connectivity index (χ4v) is 3.45. The molecule has 0 saturated heterocycles. The number of benzene rings is 1. The van der Waals surface area contributed by atoms with Gasteiger partial charge in [-0.15, -0.1) is 0 Å². The molecular formula is C26H43N3O4. The summed E-state index contributed by atoms with van der Waals surface area (Å²) >= 11 is 0. The zero-order chi connectivity index (χ0) is 25.4. The smallest absolute Gasteiger partial charge is 0.408 e. The van der Waals surface area contributed by atoms with Crippen molar-refractivity contribution >= 4 is 17.9 Å². The van der Waals surface area contributed by atoms with Crippen LogP contribution in [0, 0.1) is 6.92 Å². The summed E-state index contributed by atoms with van der Waals surface area (Å²) in [5.74, 6) is -0.592. The summed E-state index contributed by atoms with van der Waals surface area (Å²) in [5.41, 5.74) is 0.423. The molecule has 1 rings (SSSR count). The average molecular weight is 462 g/mol. The summed E-state index contributed by atoms with van der Waals surface area (Å²) < 4.78 is 5.31. The van der Waals surface area contributed by atoms with Crippen LogP contribution in [0.3, 0.4) is 0 Å². The zero-order valence-corrected chi connectivity index (χ0v) is 21.9. The summed E-state index contributed by atoms with van der Waals surface area (Å²) in [5, 5.41) is 5.62. The third kappa shape index (κ3) is 9.44. The molecule has 0 aliphatic carbocycles. The van der Waals surface area contributed by atoms with Crippen molar-refractivity contribution < 1.29 is 19.1 Å². The number of carbonyl (C=O) groups excluding carboxylic acids is 3.